The zero-order chi connectivity index (χ0) is 8.85. The lowest BCUT2D eigenvalue weighted by molar-refractivity contribution is -0.144. The molecule has 0 bridgehead atoms. The third-order valence-electron chi connectivity index (χ3n) is 0.907. The molecule has 0 radical (unpaired) electrons. The second-order valence-corrected chi connectivity index (χ2v) is 2.33. The van der Waals surface area contributed by atoms with Crippen LogP contribution in [0.5, 0.6) is 0 Å². The molecule has 0 N–H and O–H groups in total. The zero-order valence-corrected chi connectivity index (χ0v) is 6.93. The molecule has 0 amide bonds. The quantitative estimate of drug-likeness (QED) is 0.277. The molecule has 0 aliphatic heterocycles. The first kappa shape index (κ1) is 10.2. The highest BCUT2D eigenvalue weighted by Gasteiger charge is 2.20. The minimum atomic E-state index is -1.19. The van der Waals surface area contributed by atoms with Crippen molar-refractivity contribution in [1.29, 1.82) is 0 Å². The van der Waals surface area contributed by atoms with E-state index in [9.17, 15) is 9.59 Å². The van der Waals surface area contributed by atoms with Gasteiger partial charge in [-0.25, -0.2) is 4.79 Å². The molecule has 0 aromatic heterocycles. The molecule has 0 aliphatic rings. The number of hydrogen-bond donors (Lipinski definition) is 0. The van der Waals surface area contributed by atoms with Gasteiger partial charge in [0.25, 0.3) is 0 Å². The van der Waals surface area contributed by atoms with Crippen LogP contribution in [-0.4, -0.2) is 23.7 Å². The summed E-state index contributed by atoms with van der Waals surface area (Å²) < 4.78 is 4.50. The molecule has 1 atom stereocenters. The fourth-order valence-electron chi connectivity index (χ4n) is 0.380. The van der Waals surface area contributed by atoms with Crippen molar-refractivity contribution in [2.75, 3.05) is 6.61 Å². The number of carbonyl (C=O) groups is 2. The Bertz CT molecular complexity index is 177. The Morgan fingerprint density at radius 3 is 2.64 bits per heavy atom. The van der Waals surface area contributed by atoms with Gasteiger partial charge in [0.15, 0.2) is 11.2 Å². The molecule has 0 heterocycles. The van der Waals surface area contributed by atoms with Crippen LogP contribution in [0.3, 0.4) is 0 Å². The monoisotopic (exact) mass is 176 g/mol. The fraction of sp³-hybridized carbons (Fsp3) is 0.429. The Hall–Kier alpha value is -0.830. The van der Waals surface area contributed by atoms with Crippen molar-refractivity contribution in [3.05, 3.63) is 12.7 Å². The first-order chi connectivity index (χ1) is 5.09. The molecule has 0 saturated carbocycles. The van der Waals surface area contributed by atoms with Gasteiger partial charge in [-0.15, -0.1) is 11.6 Å². The number of ketones is 1. The number of Topliss-reactive ketones (excluding diaryl/α,β-unsaturated/α-hetero) is 1. The third kappa shape index (κ3) is 3.78. The largest absolute Gasteiger partial charge is 0.460 e. The summed E-state index contributed by atoms with van der Waals surface area (Å²) in [7, 11) is 0. The molecule has 4 heteroatoms. The minimum Gasteiger partial charge on any atom is -0.460 e. The smallest absolute Gasteiger partial charge is 0.332 e. The van der Waals surface area contributed by atoms with Crippen molar-refractivity contribution in [2.45, 2.75) is 12.3 Å². The van der Waals surface area contributed by atoms with Gasteiger partial charge in [-0.05, 0) is 6.92 Å². The second kappa shape index (κ2) is 4.91. The summed E-state index contributed by atoms with van der Waals surface area (Å²) in [6.07, 6.45) is 1.40. The van der Waals surface area contributed by atoms with Crippen molar-refractivity contribution >= 4 is 23.4 Å². The van der Waals surface area contributed by atoms with Crippen LogP contribution in [0.2, 0.25) is 0 Å². The lowest BCUT2D eigenvalue weighted by Crippen LogP contribution is -2.24. The predicted octanol–water partition coefficient (Wildman–Crippen LogP) is 0.912. The van der Waals surface area contributed by atoms with Gasteiger partial charge in [-0.2, -0.15) is 0 Å². The molecular weight excluding hydrogens is 168 g/mol. The number of carbonyl (C=O) groups excluding carboxylic acids is 2. The molecule has 0 aliphatic carbocycles. The maximum Gasteiger partial charge on any atom is 0.332 e. The SMILES string of the molecule is C=CCOC(=O)C(Cl)C(C)=O. The number of halogens is 1. The Morgan fingerprint density at radius 2 is 2.27 bits per heavy atom. The van der Waals surface area contributed by atoms with Crippen LogP contribution in [0.15, 0.2) is 12.7 Å². The van der Waals surface area contributed by atoms with Crippen LogP contribution in [-0.2, 0) is 14.3 Å². The molecule has 0 spiro atoms. The van der Waals surface area contributed by atoms with E-state index >= 15 is 0 Å². The summed E-state index contributed by atoms with van der Waals surface area (Å²) in [4.78, 5) is 21.2. The lowest BCUT2D eigenvalue weighted by Gasteiger charge is -2.03. The van der Waals surface area contributed by atoms with Crippen LogP contribution in [0.1, 0.15) is 6.92 Å². The van der Waals surface area contributed by atoms with Crippen LogP contribution in [0, 0.1) is 0 Å². The Labute approximate surface area is 70.0 Å². The molecule has 3 nitrogen and oxygen atoms in total. The summed E-state index contributed by atoms with van der Waals surface area (Å²) in [6, 6.07) is 0. The number of esters is 1. The van der Waals surface area contributed by atoms with Crippen molar-refractivity contribution in [1.82, 2.24) is 0 Å². The van der Waals surface area contributed by atoms with Gasteiger partial charge in [0.1, 0.15) is 6.61 Å². The number of hydrogen-bond acceptors (Lipinski definition) is 3. The highest BCUT2D eigenvalue weighted by Crippen LogP contribution is 1.99. The number of rotatable bonds is 4. The molecule has 62 valence electrons. The minimum absolute atomic E-state index is 0.0787. The Morgan fingerprint density at radius 1 is 1.73 bits per heavy atom. The van der Waals surface area contributed by atoms with E-state index < -0.39 is 17.1 Å². The van der Waals surface area contributed by atoms with Crippen molar-refractivity contribution in [3.8, 4) is 0 Å². The van der Waals surface area contributed by atoms with Gasteiger partial charge in [-0.3, -0.25) is 4.79 Å². The zero-order valence-electron chi connectivity index (χ0n) is 6.17. The van der Waals surface area contributed by atoms with E-state index in [0.29, 0.717) is 0 Å². The standard InChI is InChI=1S/C7H9ClO3/c1-3-4-11-7(10)6(8)5(2)9/h3,6H,1,4H2,2H3. The highest BCUT2D eigenvalue weighted by atomic mass is 35.5. The van der Waals surface area contributed by atoms with Crippen LogP contribution in [0.25, 0.3) is 0 Å². The summed E-state index contributed by atoms with van der Waals surface area (Å²) >= 11 is 5.34. The fourth-order valence-corrected chi connectivity index (χ4v) is 0.443. The summed E-state index contributed by atoms with van der Waals surface area (Å²) in [5.41, 5.74) is 0. The van der Waals surface area contributed by atoms with Crippen molar-refractivity contribution in [2.24, 2.45) is 0 Å². The molecule has 0 aromatic carbocycles. The van der Waals surface area contributed by atoms with Crippen molar-refractivity contribution < 1.29 is 14.3 Å². The molecular formula is C7H9ClO3. The van der Waals surface area contributed by atoms with Crippen LogP contribution >= 0.6 is 11.6 Å². The van der Waals surface area contributed by atoms with E-state index in [4.69, 9.17) is 11.6 Å². The van der Waals surface area contributed by atoms with Crippen LogP contribution in [0.4, 0.5) is 0 Å². The molecule has 0 fully saturated rings. The van der Waals surface area contributed by atoms with E-state index in [1.54, 1.807) is 0 Å². The van der Waals surface area contributed by atoms with Gasteiger partial charge < -0.3 is 4.74 Å². The summed E-state index contributed by atoms with van der Waals surface area (Å²) in [6.45, 7) is 4.64. The average molecular weight is 177 g/mol. The number of alkyl halides is 1. The molecule has 0 saturated heterocycles. The maximum absolute atomic E-state index is 10.7. The molecule has 1 unspecified atom stereocenters. The van der Waals surface area contributed by atoms with Crippen molar-refractivity contribution in [3.63, 3.8) is 0 Å². The summed E-state index contributed by atoms with van der Waals surface area (Å²) in [5.74, 6) is -1.14. The van der Waals surface area contributed by atoms with E-state index in [-0.39, 0.29) is 6.61 Å². The van der Waals surface area contributed by atoms with Gasteiger partial charge in [0.2, 0.25) is 0 Å². The average Bonchev–Trinajstić information content (AvgIpc) is 1.98. The normalized spacial score (nSPS) is 11.8. The van der Waals surface area contributed by atoms with E-state index in [0.717, 1.165) is 0 Å². The van der Waals surface area contributed by atoms with E-state index in [1.165, 1.54) is 13.0 Å². The van der Waals surface area contributed by atoms with Gasteiger partial charge in [-0.1, -0.05) is 12.7 Å². The van der Waals surface area contributed by atoms with Gasteiger partial charge in [0, 0.05) is 0 Å². The third-order valence-corrected chi connectivity index (χ3v) is 1.39. The maximum atomic E-state index is 10.7. The second-order valence-electron chi connectivity index (χ2n) is 1.89. The molecule has 0 aromatic rings. The highest BCUT2D eigenvalue weighted by molar-refractivity contribution is 6.40. The predicted molar refractivity (Wildman–Crippen MR) is 41.5 cm³/mol. The van der Waals surface area contributed by atoms with Gasteiger partial charge in [0.05, 0.1) is 0 Å². The molecule has 0 rings (SSSR count). The first-order valence-corrected chi connectivity index (χ1v) is 3.45. The first-order valence-electron chi connectivity index (χ1n) is 3.01. The van der Waals surface area contributed by atoms with E-state index in [2.05, 4.69) is 11.3 Å². The van der Waals surface area contributed by atoms with E-state index in [1.807, 2.05) is 0 Å². The lowest BCUT2D eigenvalue weighted by atomic mass is 10.3. The molecule has 11 heavy (non-hydrogen) atoms. The Balaban J connectivity index is 3.82. The van der Waals surface area contributed by atoms with Gasteiger partial charge >= 0.3 is 5.97 Å². The topological polar surface area (TPSA) is 43.4 Å². The van der Waals surface area contributed by atoms with Crippen LogP contribution < -0.4 is 0 Å². The number of ether oxygens (including phenoxy) is 1. The summed E-state index contributed by atoms with van der Waals surface area (Å²) in [5, 5.41) is -1.19. The Kier molecular flexibility index (Phi) is 4.54.